The zero-order valence-electron chi connectivity index (χ0n) is 11.4. The number of nitrogens with one attached hydrogen (secondary N) is 1. The molecule has 2 aromatic rings. The van der Waals surface area contributed by atoms with Crippen LogP contribution in [-0.4, -0.2) is 21.5 Å². The first-order chi connectivity index (χ1) is 9.83. The summed E-state index contributed by atoms with van der Waals surface area (Å²) >= 11 is 1.10. The van der Waals surface area contributed by atoms with E-state index in [9.17, 15) is 13.2 Å². The van der Waals surface area contributed by atoms with Crippen LogP contribution in [0.5, 0.6) is 0 Å². The average molecular weight is 326 g/mol. The molecule has 0 aliphatic rings. The summed E-state index contributed by atoms with van der Waals surface area (Å²) in [5.74, 6) is -0.591. The fourth-order valence-electron chi connectivity index (χ4n) is 1.78. The number of nitrogens with two attached hydrogens (primary N) is 1. The van der Waals surface area contributed by atoms with Gasteiger partial charge in [-0.1, -0.05) is 0 Å². The molecule has 0 saturated heterocycles. The second-order valence-electron chi connectivity index (χ2n) is 4.34. The molecular formula is C13H14N2O4S2. The zero-order valence-corrected chi connectivity index (χ0v) is 13.0. The van der Waals surface area contributed by atoms with Gasteiger partial charge in [0.25, 0.3) is 10.0 Å². The molecule has 0 saturated carbocycles. The number of carbonyl (C=O) groups excluding carboxylic acids is 1. The van der Waals surface area contributed by atoms with Crippen LogP contribution >= 0.6 is 11.3 Å². The van der Waals surface area contributed by atoms with E-state index in [1.165, 1.54) is 25.3 Å². The number of rotatable bonds is 4. The van der Waals surface area contributed by atoms with E-state index in [-0.39, 0.29) is 15.5 Å². The minimum absolute atomic E-state index is 0.0435. The van der Waals surface area contributed by atoms with Crippen LogP contribution in [0, 0.1) is 6.92 Å². The number of esters is 1. The van der Waals surface area contributed by atoms with E-state index < -0.39 is 16.0 Å². The summed E-state index contributed by atoms with van der Waals surface area (Å²) in [6.45, 7) is 1.75. The highest BCUT2D eigenvalue weighted by Crippen LogP contribution is 2.26. The van der Waals surface area contributed by atoms with E-state index in [1.807, 2.05) is 0 Å². The highest BCUT2D eigenvalue weighted by Gasteiger charge is 2.20. The molecule has 2 rings (SSSR count). The lowest BCUT2D eigenvalue weighted by Crippen LogP contribution is -2.15. The van der Waals surface area contributed by atoms with Crippen molar-refractivity contribution in [2.24, 2.45) is 0 Å². The lowest BCUT2D eigenvalue weighted by molar-refractivity contribution is 0.0607. The minimum Gasteiger partial charge on any atom is -0.465 e. The van der Waals surface area contributed by atoms with Gasteiger partial charge in [-0.15, -0.1) is 11.3 Å². The average Bonchev–Trinajstić information content (AvgIpc) is 2.84. The maximum Gasteiger partial charge on any atom is 0.350 e. The van der Waals surface area contributed by atoms with Crippen LogP contribution in [0.15, 0.2) is 34.5 Å². The molecule has 0 unspecified atom stereocenters. The Balaban J connectivity index is 2.38. The molecule has 1 aromatic carbocycles. The first-order valence-corrected chi connectivity index (χ1v) is 8.25. The van der Waals surface area contributed by atoms with Gasteiger partial charge >= 0.3 is 5.97 Å². The van der Waals surface area contributed by atoms with Gasteiger partial charge in [-0.3, -0.25) is 4.72 Å². The number of carbonyl (C=O) groups is 1. The molecule has 21 heavy (non-hydrogen) atoms. The Labute approximate surface area is 126 Å². The molecule has 0 aliphatic heterocycles. The second kappa shape index (κ2) is 5.74. The summed E-state index contributed by atoms with van der Waals surface area (Å²) in [5, 5.41) is 1.61. The minimum atomic E-state index is -3.82. The van der Waals surface area contributed by atoms with Gasteiger partial charge in [0.15, 0.2) is 0 Å². The van der Waals surface area contributed by atoms with Crippen molar-refractivity contribution in [1.29, 1.82) is 0 Å². The predicted molar refractivity (Wildman–Crippen MR) is 82.1 cm³/mol. The lowest BCUT2D eigenvalue weighted by atomic mass is 10.2. The van der Waals surface area contributed by atoms with Gasteiger partial charge in [0.2, 0.25) is 0 Å². The summed E-state index contributed by atoms with van der Waals surface area (Å²) in [6, 6.07) is 6.04. The SMILES string of the molecule is COC(=O)c1sccc1NS(=O)(=O)c1cc(C)cc(N)c1. The van der Waals surface area contributed by atoms with Gasteiger partial charge in [-0.2, -0.15) is 0 Å². The van der Waals surface area contributed by atoms with Gasteiger partial charge in [0.05, 0.1) is 17.7 Å². The molecule has 0 bridgehead atoms. The molecule has 8 heteroatoms. The Bertz CT molecular complexity index is 761. The van der Waals surface area contributed by atoms with Crippen LogP contribution in [-0.2, 0) is 14.8 Å². The molecule has 0 aliphatic carbocycles. The third-order valence-corrected chi connectivity index (χ3v) is 4.90. The van der Waals surface area contributed by atoms with Crippen LogP contribution in [0.25, 0.3) is 0 Å². The van der Waals surface area contributed by atoms with Gasteiger partial charge in [0.1, 0.15) is 4.88 Å². The molecule has 1 heterocycles. The smallest absolute Gasteiger partial charge is 0.350 e. The summed E-state index contributed by atoms with van der Waals surface area (Å²) in [5.41, 5.74) is 6.94. The van der Waals surface area contributed by atoms with Crippen molar-refractivity contribution in [3.8, 4) is 0 Å². The Morgan fingerprint density at radius 2 is 2.05 bits per heavy atom. The van der Waals surface area contributed by atoms with Crippen LogP contribution in [0.4, 0.5) is 11.4 Å². The molecule has 6 nitrogen and oxygen atoms in total. The highest BCUT2D eigenvalue weighted by atomic mass is 32.2. The Morgan fingerprint density at radius 1 is 1.33 bits per heavy atom. The van der Waals surface area contributed by atoms with Crippen LogP contribution in [0.3, 0.4) is 0 Å². The van der Waals surface area contributed by atoms with E-state index in [2.05, 4.69) is 9.46 Å². The number of methoxy groups -OCH3 is 1. The number of sulfonamides is 1. The molecule has 0 radical (unpaired) electrons. The number of aryl methyl sites for hydroxylation is 1. The molecule has 0 spiro atoms. The Hall–Kier alpha value is -2.06. The van der Waals surface area contributed by atoms with Crippen molar-refractivity contribution in [2.75, 3.05) is 17.6 Å². The molecule has 112 valence electrons. The fourth-order valence-corrected chi connectivity index (χ4v) is 3.82. The number of anilines is 2. The second-order valence-corrected chi connectivity index (χ2v) is 6.94. The van der Waals surface area contributed by atoms with E-state index in [0.717, 1.165) is 16.9 Å². The standard InChI is InChI=1S/C13H14N2O4S2/c1-8-5-9(14)7-10(6-8)21(17,18)15-11-3-4-20-12(11)13(16)19-2/h3-7,15H,14H2,1-2H3. The summed E-state index contributed by atoms with van der Waals surface area (Å²) < 4.78 is 31.7. The number of benzene rings is 1. The molecule has 0 atom stereocenters. The predicted octanol–water partition coefficient (Wildman–Crippen LogP) is 2.23. The maximum atomic E-state index is 12.4. The number of thiophene rings is 1. The third-order valence-electron chi connectivity index (χ3n) is 2.66. The van der Waals surface area contributed by atoms with Crippen molar-refractivity contribution in [1.82, 2.24) is 0 Å². The van der Waals surface area contributed by atoms with Crippen LogP contribution in [0.2, 0.25) is 0 Å². The number of ether oxygens (including phenoxy) is 1. The first kappa shape index (κ1) is 15.3. The van der Waals surface area contributed by atoms with Gasteiger partial charge in [0, 0.05) is 5.69 Å². The lowest BCUT2D eigenvalue weighted by Gasteiger charge is -2.09. The van der Waals surface area contributed by atoms with Crippen LogP contribution < -0.4 is 10.5 Å². The third kappa shape index (κ3) is 3.34. The summed E-state index contributed by atoms with van der Waals surface area (Å²) in [6.07, 6.45) is 0. The normalized spacial score (nSPS) is 11.1. The molecule has 1 aromatic heterocycles. The van der Waals surface area contributed by atoms with E-state index >= 15 is 0 Å². The highest BCUT2D eigenvalue weighted by molar-refractivity contribution is 7.92. The monoisotopic (exact) mass is 326 g/mol. The van der Waals surface area contributed by atoms with Crippen LogP contribution in [0.1, 0.15) is 15.2 Å². The van der Waals surface area contributed by atoms with Crippen molar-refractivity contribution in [3.05, 3.63) is 40.1 Å². The fraction of sp³-hybridized carbons (Fsp3) is 0.154. The van der Waals surface area contributed by atoms with Gasteiger partial charge in [-0.05, 0) is 42.1 Å². The summed E-state index contributed by atoms with van der Waals surface area (Å²) in [4.78, 5) is 11.8. The number of nitrogen functional groups attached to an aromatic ring is 1. The quantitative estimate of drug-likeness (QED) is 0.663. The molecule has 3 N–H and O–H groups in total. The molecule has 0 fully saturated rings. The molecular weight excluding hydrogens is 312 g/mol. The Kier molecular flexibility index (Phi) is 4.19. The van der Waals surface area contributed by atoms with Gasteiger partial charge in [-0.25, -0.2) is 13.2 Å². The number of hydrogen-bond donors (Lipinski definition) is 2. The topological polar surface area (TPSA) is 98.5 Å². The largest absolute Gasteiger partial charge is 0.465 e. The maximum absolute atomic E-state index is 12.4. The summed E-state index contributed by atoms with van der Waals surface area (Å²) in [7, 11) is -2.59. The first-order valence-electron chi connectivity index (χ1n) is 5.89. The van der Waals surface area contributed by atoms with E-state index in [1.54, 1.807) is 18.4 Å². The van der Waals surface area contributed by atoms with Crippen molar-refractivity contribution < 1.29 is 17.9 Å². The van der Waals surface area contributed by atoms with E-state index in [4.69, 9.17) is 5.73 Å². The van der Waals surface area contributed by atoms with Crippen molar-refractivity contribution >= 4 is 38.7 Å². The molecule has 0 amide bonds. The van der Waals surface area contributed by atoms with Crippen molar-refractivity contribution in [2.45, 2.75) is 11.8 Å². The zero-order chi connectivity index (χ0) is 15.6. The number of hydrogen-bond acceptors (Lipinski definition) is 6. The van der Waals surface area contributed by atoms with Crippen molar-refractivity contribution in [3.63, 3.8) is 0 Å². The Morgan fingerprint density at radius 3 is 2.67 bits per heavy atom. The van der Waals surface area contributed by atoms with Gasteiger partial charge < -0.3 is 10.5 Å². The van der Waals surface area contributed by atoms with E-state index in [0.29, 0.717) is 5.69 Å².